The van der Waals surface area contributed by atoms with E-state index in [0.717, 1.165) is 16.9 Å². The first-order valence-corrected chi connectivity index (χ1v) is 11.9. The minimum absolute atomic E-state index is 0.0413. The predicted octanol–water partition coefficient (Wildman–Crippen LogP) is 3.59. The second kappa shape index (κ2) is 6.98. The molecule has 0 saturated carbocycles. The number of nitrogens with one attached hydrogen (secondary N) is 1. The average Bonchev–Trinajstić information content (AvgIpc) is 2.99. The van der Waals surface area contributed by atoms with E-state index in [-0.39, 0.29) is 15.0 Å². The molecule has 0 spiro atoms. The molecule has 3 rings (SSSR count). The molecule has 1 aromatic heterocycles. The lowest BCUT2D eigenvalue weighted by Gasteiger charge is -2.08. The number of rotatable bonds is 6. The molecule has 0 atom stereocenters. The molecule has 0 saturated heterocycles. The molecule has 0 aliphatic rings. The monoisotopic (exact) mass is 410 g/mol. The highest BCUT2D eigenvalue weighted by Gasteiger charge is 2.19. The van der Waals surface area contributed by atoms with E-state index in [2.05, 4.69) is 9.71 Å². The molecular formula is C17H18N2O4S3. The zero-order chi connectivity index (χ0) is 18.9. The number of benzene rings is 2. The Hall–Kier alpha value is -1.97. The summed E-state index contributed by atoms with van der Waals surface area (Å²) in [6.07, 6.45) is 0.514. The van der Waals surface area contributed by atoms with Crippen molar-refractivity contribution < 1.29 is 16.8 Å². The van der Waals surface area contributed by atoms with Crippen molar-refractivity contribution in [2.75, 3.05) is 10.5 Å². The summed E-state index contributed by atoms with van der Waals surface area (Å²) in [6.45, 7) is 3.61. The Morgan fingerprint density at radius 2 is 1.85 bits per heavy atom. The number of thiazole rings is 1. The largest absolute Gasteiger partial charge is 0.280 e. The third-order valence-electron chi connectivity index (χ3n) is 3.66. The SMILES string of the molecule is CCCS(=O)(=O)c1nc2ccc(NS(=O)(=O)c3cccc(C)c3)cc2s1. The molecule has 1 heterocycles. The molecule has 3 aromatic rings. The Morgan fingerprint density at radius 1 is 1.08 bits per heavy atom. The van der Waals surface area contributed by atoms with Gasteiger partial charge in [0.05, 0.1) is 26.6 Å². The fraction of sp³-hybridized carbons (Fsp3) is 0.235. The van der Waals surface area contributed by atoms with Crippen LogP contribution in [-0.2, 0) is 19.9 Å². The summed E-state index contributed by atoms with van der Waals surface area (Å²) < 4.78 is 52.6. The topological polar surface area (TPSA) is 93.2 Å². The van der Waals surface area contributed by atoms with E-state index in [1.807, 2.05) is 13.0 Å². The highest BCUT2D eigenvalue weighted by molar-refractivity contribution is 7.93. The van der Waals surface area contributed by atoms with Gasteiger partial charge in [-0.2, -0.15) is 0 Å². The lowest BCUT2D eigenvalue weighted by molar-refractivity contribution is 0.594. The van der Waals surface area contributed by atoms with Crippen molar-refractivity contribution in [1.29, 1.82) is 0 Å². The van der Waals surface area contributed by atoms with Crippen LogP contribution < -0.4 is 4.72 Å². The molecule has 0 bridgehead atoms. The Bertz CT molecular complexity index is 1170. The van der Waals surface area contributed by atoms with E-state index in [1.54, 1.807) is 37.3 Å². The summed E-state index contributed by atoms with van der Waals surface area (Å²) in [4.78, 5) is 4.34. The zero-order valence-electron chi connectivity index (χ0n) is 14.3. The van der Waals surface area contributed by atoms with Gasteiger partial charge in [-0.3, -0.25) is 4.72 Å². The van der Waals surface area contributed by atoms with Gasteiger partial charge in [0.15, 0.2) is 0 Å². The van der Waals surface area contributed by atoms with E-state index in [0.29, 0.717) is 22.3 Å². The van der Waals surface area contributed by atoms with Crippen molar-refractivity contribution in [3.05, 3.63) is 48.0 Å². The average molecular weight is 411 g/mol. The molecule has 0 aliphatic heterocycles. The van der Waals surface area contributed by atoms with Gasteiger partial charge < -0.3 is 0 Å². The Morgan fingerprint density at radius 3 is 2.54 bits per heavy atom. The summed E-state index contributed by atoms with van der Waals surface area (Å²) in [5, 5.41) is 0. The number of aryl methyl sites for hydroxylation is 1. The van der Waals surface area contributed by atoms with Crippen LogP contribution in [0.4, 0.5) is 5.69 Å². The van der Waals surface area contributed by atoms with Gasteiger partial charge in [-0.05, 0) is 49.2 Å². The van der Waals surface area contributed by atoms with Crippen LogP contribution in [0.1, 0.15) is 18.9 Å². The second-order valence-electron chi connectivity index (χ2n) is 5.90. The van der Waals surface area contributed by atoms with Gasteiger partial charge in [0.25, 0.3) is 10.0 Å². The number of nitrogens with zero attached hydrogens (tertiary/aromatic N) is 1. The van der Waals surface area contributed by atoms with Gasteiger partial charge in [-0.1, -0.05) is 19.1 Å². The quantitative estimate of drug-likeness (QED) is 0.670. The summed E-state index contributed by atoms with van der Waals surface area (Å²) in [6, 6.07) is 11.4. The minimum Gasteiger partial charge on any atom is -0.280 e. The Labute approximate surface area is 156 Å². The van der Waals surface area contributed by atoms with E-state index in [1.165, 1.54) is 6.07 Å². The standard InChI is InChI=1S/C17H18N2O4S3/c1-3-9-25(20,21)17-18-15-8-7-13(11-16(15)24-17)19-26(22,23)14-6-4-5-12(2)10-14/h4-8,10-11,19H,3,9H2,1-2H3. The maximum atomic E-state index is 12.5. The van der Waals surface area contributed by atoms with Crippen LogP contribution in [0.5, 0.6) is 0 Å². The van der Waals surface area contributed by atoms with Crippen molar-refractivity contribution in [1.82, 2.24) is 4.98 Å². The number of sulfone groups is 1. The number of hydrogen-bond donors (Lipinski definition) is 1. The molecule has 9 heteroatoms. The molecule has 0 unspecified atom stereocenters. The normalized spacial score (nSPS) is 12.4. The predicted molar refractivity (Wildman–Crippen MR) is 104 cm³/mol. The lowest BCUT2D eigenvalue weighted by Crippen LogP contribution is -2.12. The van der Waals surface area contributed by atoms with Gasteiger partial charge in [-0.15, -0.1) is 11.3 Å². The molecule has 0 fully saturated rings. The van der Waals surface area contributed by atoms with Crippen molar-refractivity contribution in [2.45, 2.75) is 29.5 Å². The maximum Gasteiger partial charge on any atom is 0.261 e. The second-order valence-corrected chi connectivity index (χ2v) is 10.9. The van der Waals surface area contributed by atoms with Gasteiger partial charge in [-0.25, -0.2) is 21.8 Å². The Kier molecular flexibility index (Phi) is 5.05. The van der Waals surface area contributed by atoms with Crippen LogP contribution in [0.15, 0.2) is 51.7 Å². The lowest BCUT2D eigenvalue weighted by atomic mass is 10.2. The van der Waals surface area contributed by atoms with Gasteiger partial charge in [0.1, 0.15) is 0 Å². The smallest absolute Gasteiger partial charge is 0.261 e. The third-order valence-corrected chi connectivity index (χ3v) is 8.43. The van der Waals surface area contributed by atoms with Gasteiger partial charge in [0, 0.05) is 0 Å². The molecular weight excluding hydrogens is 392 g/mol. The summed E-state index contributed by atoms with van der Waals surface area (Å²) >= 11 is 1.05. The zero-order valence-corrected chi connectivity index (χ0v) is 16.7. The molecule has 2 aromatic carbocycles. The highest BCUT2D eigenvalue weighted by Crippen LogP contribution is 2.29. The Balaban J connectivity index is 1.94. The van der Waals surface area contributed by atoms with Crippen molar-refractivity contribution in [2.24, 2.45) is 0 Å². The number of hydrogen-bond acceptors (Lipinski definition) is 6. The number of aromatic nitrogens is 1. The number of sulfonamides is 1. The van der Waals surface area contributed by atoms with Crippen LogP contribution in [0.2, 0.25) is 0 Å². The maximum absolute atomic E-state index is 12.5. The molecule has 1 N–H and O–H groups in total. The van der Waals surface area contributed by atoms with Crippen LogP contribution in [0, 0.1) is 6.92 Å². The first-order valence-electron chi connectivity index (χ1n) is 7.94. The van der Waals surface area contributed by atoms with Crippen molar-refractivity contribution >= 4 is 47.1 Å². The molecule has 0 amide bonds. The van der Waals surface area contributed by atoms with E-state index in [4.69, 9.17) is 0 Å². The van der Waals surface area contributed by atoms with Crippen LogP contribution in [0.3, 0.4) is 0 Å². The number of anilines is 1. The first kappa shape index (κ1) is 18.8. The molecule has 0 aliphatic carbocycles. The van der Waals surface area contributed by atoms with Gasteiger partial charge >= 0.3 is 0 Å². The van der Waals surface area contributed by atoms with E-state index >= 15 is 0 Å². The van der Waals surface area contributed by atoms with Crippen LogP contribution in [-0.4, -0.2) is 27.6 Å². The molecule has 6 nitrogen and oxygen atoms in total. The van der Waals surface area contributed by atoms with Crippen molar-refractivity contribution in [3.63, 3.8) is 0 Å². The van der Waals surface area contributed by atoms with Crippen LogP contribution in [0.25, 0.3) is 10.2 Å². The molecule has 138 valence electrons. The van der Waals surface area contributed by atoms with E-state index in [9.17, 15) is 16.8 Å². The summed E-state index contributed by atoms with van der Waals surface area (Å²) in [7, 11) is -7.12. The van der Waals surface area contributed by atoms with Crippen molar-refractivity contribution in [3.8, 4) is 0 Å². The fourth-order valence-corrected chi connectivity index (χ4v) is 6.32. The third kappa shape index (κ3) is 3.89. The summed E-state index contributed by atoms with van der Waals surface area (Å²) in [5.74, 6) is 0.0413. The first-order chi connectivity index (χ1) is 12.2. The van der Waals surface area contributed by atoms with E-state index < -0.39 is 19.9 Å². The highest BCUT2D eigenvalue weighted by atomic mass is 32.2. The van der Waals surface area contributed by atoms with Gasteiger partial charge in [0.2, 0.25) is 14.2 Å². The minimum atomic E-state index is -3.72. The summed E-state index contributed by atoms with van der Waals surface area (Å²) in [5.41, 5.74) is 1.74. The number of fused-ring (bicyclic) bond motifs is 1. The fourth-order valence-electron chi connectivity index (χ4n) is 2.45. The van der Waals surface area contributed by atoms with Crippen LogP contribution >= 0.6 is 11.3 Å². The molecule has 26 heavy (non-hydrogen) atoms. The molecule has 0 radical (unpaired) electrons.